The Bertz CT molecular complexity index is 129. The third-order valence-electron chi connectivity index (χ3n) is 1.70. The van der Waals surface area contributed by atoms with E-state index in [0.717, 1.165) is 6.42 Å². The number of carbonyl (C=O) groups is 1. The van der Waals surface area contributed by atoms with E-state index >= 15 is 0 Å². The molecule has 4 heteroatoms. The normalized spacial score (nSPS) is 31.3. The Morgan fingerprint density at radius 3 is 2.50 bits per heavy atom. The molecule has 3 nitrogen and oxygen atoms in total. The van der Waals surface area contributed by atoms with Crippen LogP contribution in [0.25, 0.3) is 0 Å². The predicted octanol–water partition coefficient (Wildman–Crippen LogP) is 0.491. The van der Waals surface area contributed by atoms with Gasteiger partial charge in [0.2, 0.25) is 0 Å². The number of nitrogens with one attached hydrogen (secondary N) is 1. The number of hydrogen-bond donors (Lipinski definition) is 2. The van der Waals surface area contributed by atoms with Crippen LogP contribution >= 0.6 is 12.4 Å². The van der Waals surface area contributed by atoms with Crippen molar-refractivity contribution in [3.8, 4) is 0 Å². The van der Waals surface area contributed by atoms with Crippen LogP contribution < -0.4 is 5.32 Å². The highest BCUT2D eigenvalue weighted by atomic mass is 35.5. The van der Waals surface area contributed by atoms with Gasteiger partial charge in [0.15, 0.2) is 0 Å². The summed E-state index contributed by atoms with van der Waals surface area (Å²) < 4.78 is 0. The molecule has 0 aromatic rings. The summed E-state index contributed by atoms with van der Waals surface area (Å²) in [6.45, 7) is 2.64. The van der Waals surface area contributed by atoms with E-state index in [0.29, 0.717) is 12.6 Å². The Balaban J connectivity index is 0.000000810. The first-order valence-corrected chi connectivity index (χ1v) is 3.16. The summed E-state index contributed by atoms with van der Waals surface area (Å²) in [7, 11) is 0. The van der Waals surface area contributed by atoms with Crippen molar-refractivity contribution >= 4 is 18.4 Å². The summed E-state index contributed by atoms with van der Waals surface area (Å²) in [4.78, 5) is 10.3. The minimum atomic E-state index is -0.674. The minimum Gasteiger partial charge on any atom is -0.481 e. The van der Waals surface area contributed by atoms with Crippen molar-refractivity contribution in [2.75, 3.05) is 6.54 Å². The zero-order valence-corrected chi connectivity index (χ0v) is 6.65. The maximum Gasteiger partial charge on any atom is 0.307 e. The molecule has 0 aromatic carbocycles. The molecule has 2 atom stereocenters. The third-order valence-corrected chi connectivity index (χ3v) is 1.70. The van der Waals surface area contributed by atoms with Gasteiger partial charge in [0.1, 0.15) is 0 Å². The van der Waals surface area contributed by atoms with Crippen molar-refractivity contribution in [1.29, 1.82) is 0 Å². The number of aliphatic carboxylic acids is 1. The van der Waals surface area contributed by atoms with Crippen molar-refractivity contribution in [1.82, 2.24) is 5.32 Å². The van der Waals surface area contributed by atoms with Gasteiger partial charge in [0.25, 0.3) is 0 Å². The van der Waals surface area contributed by atoms with Gasteiger partial charge in [0, 0.05) is 12.6 Å². The van der Waals surface area contributed by atoms with Crippen molar-refractivity contribution in [2.24, 2.45) is 5.92 Å². The molecule has 1 rings (SSSR count). The average Bonchev–Trinajstić information content (AvgIpc) is 2.14. The average molecular weight is 166 g/mol. The largest absolute Gasteiger partial charge is 0.481 e. The monoisotopic (exact) mass is 165 g/mol. The van der Waals surface area contributed by atoms with E-state index in [-0.39, 0.29) is 18.3 Å². The van der Waals surface area contributed by atoms with E-state index in [1.54, 1.807) is 0 Å². The summed E-state index contributed by atoms with van der Waals surface area (Å²) >= 11 is 0. The van der Waals surface area contributed by atoms with Crippen molar-refractivity contribution in [3.05, 3.63) is 0 Å². The molecule has 0 amide bonds. The van der Waals surface area contributed by atoms with Crippen LogP contribution in [-0.2, 0) is 4.79 Å². The van der Waals surface area contributed by atoms with E-state index in [1.807, 2.05) is 6.92 Å². The Hall–Kier alpha value is -0.280. The van der Waals surface area contributed by atoms with Crippen molar-refractivity contribution in [2.45, 2.75) is 19.4 Å². The van der Waals surface area contributed by atoms with Crippen LogP contribution in [0.5, 0.6) is 0 Å². The molecule has 0 aromatic heterocycles. The van der Waals surface area contributed by atoms with Crippen LogP contribution in [0, 0.1) is 5.92 Å². The summed E-state index contributed by atoms with van der Waals surface area (Å²) in [5, 5.41) is 11.6. The highest BCUT2D eigenvalue weighted by Gasteiger charge is 2.25. The van der Waals surface area contributed by atoms with Crippen LogP contribution in [0.4, 0.5) is 0 Å². The molecular formula is C6H12ClNO2. The molecule has 0 spiro atoms. The number of rotatable bonds is 1. The number of carboxylic acids is 1. The number of halogens is 1. The Kier molecular flexibility index (Phi) is 3.68. The quantitative estimate of drug-likeness (QED) is 0.595. The molecular weight excluding hydrogens is 154 g/mol. The lowest BCUT2D eigenvalue weighted by Gasteiger charge is -1.98. The number of carboxylic acid groups (broad SMARTS) is 1. The Morgan fingerprint density at radius 2 is 2.30 bits per heavy atom. The first-order valence-electron chi connectivity index (χ1n) is 3.16. The molecule has 1 fully saturated rings. The van der Waals surface area contributed by atoms with Gasteiger partial charge < -0.3 is 10.4 Å². The van der Waals surface area contributed by atoms with E-state index in [1.165, 1.54) is 0 Å². The zero-order chi connectivity index (χ0) is 6.85. The first kappa shape index (κ1) is 9.72. The second kappa shape index (κ2) is 3.78. The summed E-state index contributed by atoms with van der Waals surface area (Å²) in [6, 6.07) is 0.381. The summed E-state index contributed by atoms with van der Waals surface area (Å²) in [6.07, 6.45) is 0.773. The van der Waals surface area contributed by atoms with E-state index in [2.05, 4.69) is 5.32 Å². The molecule has 0 aliphatic carbocycles. The van der Waals surface area contributed by atoms with Crippen LogP contribution in [-0.4, -0.2) is 23.7 Å². The topological polar surface area (TPSA) is 49.3 Å². The highest BCUT2D eigenvalue weighted by molar-refractivity contribution is 5.85. The molecule has 0 unspecified atom stereocenters. The van der Waals surface area contributed by atoms with Gasteiger partial charge in [-0.05, 0) is 13.3 Å². The fourth-order valence-corrected chi connectivity index (χ4v) is 1.13. The molecule has 1 aliphatic heterocycles. The Morgan fingerprint density at radius 1 is 1.70 bits per heavy atom. The van der Waals surface area contributed by atoms with Crippen LogP contribution in [0.3, 0.4) is 0 Å². The van der Waals surface area contributed by atoms with E-state index < -0.39 is 5.97 Å². The Labute approximate surface area is 66.2 Å². The second-order valence-corrected chi connectivity index (χ2v) is 2.58. The fraction of sp³-hybridized carbons (Fsp3) is 0.833. The molecule has 2 N–H and O–H groups in total. The number of hydrogen-bond acceptors (Lipinski definition) is 2. The van der Waals surface area contributed by atoms with Crippen molar-refractivity contribution < 1.29 is 9.90 Å². The van der Waals surface area contributed by atoms with Gasteiger partial charge in [-0.25, -0.2) is 0 Å². The molecule has 1 aliphatic rings. The highest BCUT2D eigenvalue weighted by Crippen LogP contribution is 2.12. The lowest BCUT2D eigenvalue weighted by Crippen LogP contribution is -2.18. The first-order chi connectivity index (χ1) is 4.20. The van der Waals surface area contributed by atoms with Crippen LogP contribution in [0.2, 0.25) is 0 Å². The van der Waals surface area contributed by atoms with E-state index in [9.17, 15) is 4.79 Å². The van der Waals surface area contributed by atoms with Gasteiger partial charge >= 0.3 is 5.97 Å². The standard InChI is InChI=1S/C6H11NO2.ClH/c1-4-2-5(3-7-4)6(8)9;/h4-5,7H,2-3H2,1H3,(H,8,9);1H/t4-,5+;/m0./s1. The SMILES string of the molecule is C[C@H]1C[C@@H](C(=O)O)CN1.Cl. The minimum absolute atomic E-state index is 0. The zero-order valence-electron chi connectivity index (χ0n) is 5.83. The van der Waals surface area contributed by atoms with Crippen LogP contribution in [0.15, 0.2) is 0 Å². The summed E-state index contributed by atoms with van der Waals surface area (Å²) in [5.41, 5.74) is 0. The van der Waals surface area contributed by atoms with Crippen LogP contribution in [0.1, 0.15) is 13.3 Å². The molecule has 0 radical (unpaired) electrons. The molecule has 1 heterocycles. The lowest BCUT2D eigenvalue weighted by atomic mass is 10.1. The molecule has 10 heavy (non-hydrogen) atoms. The smallest absolute Gasteiger partial charge is 0.307 e. The maximum absolute atomic E-state index is 10.3. The van der Waals surface area contributed by atoms with E-state index in [4.69, 9.17) is 5.11 Å². The maximum atomic E-state index is 10.3. The third kappa shape index (κ3) is 2.15. The van der Waals surface area contributed by atoms with Gasteiger partial charge in [-0.15, -0.1) is 12.4 Å². The second-order valence-electron chi connectivity index (χ2n) is 2.58. The lowest BCUT2D eigenvalue weighted by molar-refractivity contribution is -0.141. The van der Waals surface area contributed by atoms with Gasteiger partial charge in [-0.2, -0.15) is 0 Å². The van der Waals surface area contributed by atoms with Crippen molar-refractivity contribution in [3.63, 3.8) is 0 Å². The molecule has 0 saturated carbocycles. The summed E-state index contributed by atoms with van der Waals surface area (Å²) in [5.74, 6) is -0.827. The molecule has 0 bridgehead atoms. The predicted molar refractivity (Wildman–Crippen MR) is 40.5 cm³/mol. The molecule has 60 valence electrons. The fourth-order valence-electron chi connectivity index (χ4n) is 1.13. The van der Waals surface area contributed by atoms with Gasteiger partial charge in [-0.3, -0.25) is 4.79 Å². The van der Waals surface area contributed by atoms with Gasteiger partial charge in [0.05, 0.1) is 5.92 Å². The van der Waals surface area contributed by atoms with Gasteiger partial charge in [-0.1, -0.05) is 0 Å². The molecule has 1 saturated heterocycles.